The average Bonchev–Trinajstić information content (AvgIpc) is 2.80. The monoisotopic (exact) mass is 425 g/mol. The minimum Gasteiger partial charge on any atom is -0.496 e. The van der Waals surface area contributed by atoms with E-state index in [1.54, 1.807) is 7.11 Å². The fourth-order valence-electron chi connectivity index (χ4n) is 4.16. The zero-order chi connectivity index (χ0) is 22.8. The maximum Gasteiger partial charge on any atom is 0.306 e. The van der Waals surface area contributed by atoms with Crippen LogP contribution in [0.5, 0.6) is 5.75 Å². The lowest BCUT2D eigenvalue weighted by atomic mass is 9.84. The van der Waals surface area contributed by atoms with E-state index >= 15 is 0 Å². The second-order valence-electron chi connectivity index (χ2n) is 7.88. The van der Waals surface area contributed by atoms with Crippen molar-refractivity contribution in [1.82, 2.24) is 4.90 Å². The molecule has 5 heteroatoms. The molecule has 168 valence electrons. The summed E-state index contributed by atoms with van der Waals surface area (Å²) in [5.41, 5.74) is 2.75. The first-order valence-corrected chi connectivity index (χ1v) is 11.2. The molecule has 5 nitrogen and oxygen atoms in total. The van der Waals surface area contributed by atoms with Gasteiger partial charge >= 0.3 is 5.97 Å². The van der Waals surface area contributed by atoms with Crippen molar-refractivity contribution in [3.8, 4) is 5.75 Å². The molecule has 3 rings (SSSR count). The van der Waals surface area contributed by atoms with E-state index < -0.39 is 11.9 Å². The molecular weight excluding hydrogens is 390 g/mol. The number of nitrogens with zero attached hydrogens (tertiary/aromatic N) is 1. The summed E-state index contributed by atoms with van der Waals surface area (Å²) in [7, 11) is 1.64. The number of carboxylic acid groups (broad SMARTS) is 1. The molecule has 1 unspecified atom stereocenters. The summed E-state index contributed by atoms with van der Waals surface area (Å²) in [6.45, 7) is 7.34. The van der Waals surface area contributed by atoms with Gasteiger partial charge in [-0.3, -0.25) is 9.59 Å². The largest absolute Gasteiger partial charge is 0.496 e. The summed E-state index contributed by atoms with van der Waals surface area (Å²) in [5.74, 6) is 0.0457. The number of benzene rings is 2. The summed E-state index contributed by atoms with van der Waals surface area (Å²) < 4.78 is 5.29. The molecule has 0 aromatic heterocycles. The van der Waals surface area contributed by atoms with Gasteiger partial charge in [-0.1, -0.05) is 44.2 Å². The Bertz CT molecular complexity index is 842. The van der Waals surface area contributed by atoms with Crippen LogP contribution in [0.15, 0.2) is 48.5 Å². The molecule has 1 atom stereocenters. The number of likely N-dealkylation sites (tertiary alicyclic amines) is 1. The van der Waals surface area contributed by atoms with Gasteiger partial charge < -0.3 is 14.7 Å². The van der Waals surface area contributed by atoms with Crippen molar-refractivity contribution in [3.63, 3.8) is 0 Å². The molecule has 0 spiro atoms. The van der Waals surface area contributed by atoms with Gasteiger partial charge in [0.15, 0.2) is 0 Å². The molecule has 2 aromatic carbocycles. The number of rotatable bonds is 7. The Kier molecular flexibility index (Phi) is 9.57. The summed E-state index contributed by atoms with van der Waals surface area (Å²) in [5, 5.41) is 9.73. The van der Waals surface area contributed by atoms with Crippen molar-refractivity contribution < 1.29 is 19.4 Å². The topological polar surface area (TPSA) is 66.8 Å². The third-order valence-electron chi connectivity index (χ3n) is 5.83. The van der Waals surface area contributed by atoms with E-state index in [2.05, 4.69) is 0 Å². The summed E-state index contributed by atoms with van der Waals surface area (Å²) in [6.07, 6.45) is 2.87. The summed E-state index contributed by atoms with van der Waals surface area (Å²) in [4.78, 5) is 26.3. The molecule has 1 fully saturated rings. The molecule has 1 N–H and O–H groups in total. The van der Waals surface area contributed by atoms with Gasteiger partial charge in [0.1, 0.15) is 5.75 Å². The third-order valence-corrected chi connectivity index (χ3v) is 5.83. The number of ether oxygens (including phenoxy) is 1. The molecule has 1 aliphatic rings. The Morgan fingerprint density at radius 1 is 1.10 bits per heavy atom. The van der Waals surface area contributed by atoms with Gasteiger partial charge in [0.05, 0.1) is 13.0 Å². The quantitative estimate of drug-likeness (QED) is 0.661. The van der Waals surface area contributed by atoms with Crippen LogP contribution >= 0.6 is 0 Å². The van der Waals surface area contributed by atoms with Gasteiger partial charge in [-0.15, -0.1) is 0 Å². The highest BCUT2D eigenvalue weighted by Gasteiger charge is 2.28. The van der Waals surface area contributed by atoms with Crippen LogP contribution in [0, 0.1) is 18.8 Å². The molecule has 0 saturated carbocycles. The number of aliphatic carboxylic acids is 1. The molecule has 2 aromatic rings. The van der Waals surface area contributed by atoms with E-state index in [1.165, 1.54) is 0 Å². The molecule has 0 aliphatic carbocycles. The van der Waals surface area contributed by atoms with E-state index in [0.29, 0.717) is 37.4 Å². The molecule has 1 aliphatic heterocycles. The van der Waals surface area contributed by atoms with Crippen molar-refractivity contribution in [2.24, 2.45) is 11.8 Å². The van der Waals surface area contributed by atoms with E-state index in [9.17, 15) is 14.7 Å². The summed E-state index contributed by atoms with van der Waals surface area (Å²) >= 11 is 0. The first-order valence-electron chi connectivity index (χ1n) is 11.2. The first kappa shape index (κ1) is 24.4. The van der Waals surface area contributed by atoms with Gasteiger partial charge in [-0.2, -0.15) is 0 Å². The van der Waals surface area contributed by atoms with Crippen molar-refractivity contribution >= 4 is 11.9 Å². The van der Waals surface area contributed by atoms with Gasteiger partial charge in [0.25, 0.3) is 5.91 Å². The maximum absolute atomic E-state index is 12.6. The van der Waals surface area contributed by atoms with Crippen LogP contribution in [0.1, 0.15) is 54.6 Å². The first-order chi connectivity index (χ1) is 15.0. The van der Waals surface area contributed by atoms with Gasteiger partial charge in [-0.05, 0) is 67.9 Å². The highest BCUT2D eigenvalue weighted by atomic mass is 16.5. The van der Waals surface area contributed by atoms with Crippen LogP contribution < -0.4 is 4.74 Å². The van der Waals surface area contributed by atoms with Crippen molar-refractivity contribution in [2.75, 3.05) is 20.2 Å². The summed E-state index contributed by atoms with van der Waals surface area (Å²) in [6, 6.07) is 15.2. The number of amides is 1. The number of carbonyl (C=O) groups excluding carboxylic acids is 1. The zero-order valence-electron chi connectivity index (χ0n) is 19.1. The van der Waals surface area contributed by atoms with Gasteiger partial charge in [0, 0.05) is 18.7 Å². The van der Waals surface area contributed by atoms with Gasteiger partial charge in [-0.25, -0.2) is 0 Å². The lowest BCUT2D eigenvalue weighted by Gasteiger charge is -2.33. The average molecular weight is 426 g/mol. The van der Waals surface area contributed by atoms with E-state index in [4.69, 9.17) is 4.74 Å². The maximum atomic E-state index is 12.6. The van der Waals surface area contributed by atoms with Crippen LogP contribution in [0.2, 0.25) is 0 Å². The minimum absolute atomic E-state index is 0.0625. The number of aryl methyl sites for hydroxylation is 1. The predicted molar refractivity (Wildman–Crippen MR) is 124 cm³/mol. The highest BCUT2D eigenvalue weighted by Crippen LogP contribution is 2.28. The normalized spacial score (nSPS) is 14.9. The van der Waals surface area contributed by atoms with Crippen molar-refractivity contribution in [3.05, 3.63) is 65.2 Å². The number of carboxylic acids is 1. The molecular formula is C26H35NO4. The van der Waals surface area contributed by atoms with Gasteiger partial charge in [0.2, 0.25) is 0 Å². The minimum atomic E-state index is -0.749. The van der Waals surface area contributed by atoms with E-state index in [0.717, 1.165) is 29.7 Å². The molecule has 0 radical (unpaired) electrons. The fraction of sp³-hybridized carbons (Fsp3) is 0.462. The lowest BCUT2D eigenvalue weighted by molar-refractivity contribution is -0.142. The van der Waals surface area contributed by atoms with E-state index in [-0.39, 0.29) is 5.91 Å². The second-order valence-corrected chi connectivity index (χ2v) is 7.88. The molecule has 0 bridgehead atoms. The third kappa shape index (κ3) is 6.84. The highest BCUT2D eigenvalue weighted by molar-refractivity contribution is 5.94. The van der Waals surface area contributed by atoms with Crippen LogP contribution in [0.3, 0.4) is 0 Å². The SMILES string of the molecule is CC.COc1ccc(CC(CC2CCN(C(=O)c3ccccc3)CC2)C(=O)O)cc1C. The molecule has 31 heavy (non-hydrogen) atoms. The number of carbonyl (C=O) groups is 2. The molecule has 1 saturated heterocycles. The van der Waals surface area contributed by atoms with Crippen LogP contribution in [0.25, 0.3) is 0 Å². The predicted octanol–water partition coefficient (Wildman–Crippen LogP) is 5.22. The Labute approximate surface area is 186 Å². The van der Waals surface area contributed by atoms with Crippen LogP contribution in [0.4, 0.5) is 0 Å². The number of methoxy groups -OCH3 is 1. The van der Waals surface area contributed by atoms with Crippen LogP contribution in [-0.4, -0.2) is 42.1 Å². The molecule has 1 heterocycles. The lowest BCUT2D eigenvalue weighted by Crippen LogP contribution is -2.39. The fourth-order valence-corrected chi connectivity index (χ4v) is 4.16. The van der Waals surface area contributed by atoms with Crippen molar-refractivity contribution in [2.45, 2.75) is 46.5 Å². The number of piperidine rings is 1. The Morgan fingerprint density at radius 3 is 2.29 bits per heavy atom. The van der Waals surface area contributed by atoms with E-state index in [1.807, 2.05) is 74.2 Å². The zero-order valence-corrected chi connectivity index (χ0v) is 19.1. The Morgan fingerprint density at radius 2 is 1.74 bits per heavy atom. The number of hydrogen-bond acceptors (Lipinski definition) is 3. The smallest absolute Gasteiger partial charge is 0.306 e. The molecule has 1 amide bonds. The second kappa shape index (κ2) is 12.1. The standard InChI is InChI=1S/C24H29NO4.C2H6/c1-17-14-19(8-9-22(17)29-2)16-21(24(27)28)15-18-10-12-25(13-11-18)23(26)20-6-4-3-5-7-20;1-2/h3-9,14,18,21H,10-13,15-16H2,1-2H3,(H,27,28);1-2H3. The Hall–Kier alpha value is -2.82. The Balaban J connectivity index is 0.00000166. The number of hydrogen-bond donors (Lipinski definition) is 1. The van der Waals surface area contributed by atoms with Crippen LogP contribution in [-0.2, 0) is 11.2 Å². The van der Waals surface area contributed by atoms with Crippen molar-refractivity contribution in [1.29, 1.82) is 0 Å².